The summed E-state index contributed by atoms with van der Waals surface area (Å²) in [5.74, 6) is 0.749. The highest BCUT2D eigenvalue weighted by Gasteiger charge is 2.32. The molecule has 3 rings (SSSR count). The van der Waals surface area contributed by atoms with Gasteiger partial charge in [-0.25, -0.2) is 8.42 Å². The molecule has 0 radical (unpaired) electrons. The number of anilines is 1. The van der Waals surface area contributed by atoms with Gasteiger partial charge in [0.1, 0.15) is 16.4 Å². The van der Waals surface area contributed by atoms with E-state index in [1.807, 2.05) is 6.07 Å². The Balaban J connectivity index is 1.86. The predicted octanol–water partition coefficient (Wildman–Crippen LogP) is 3.59. The fraction of sp³-hybridized carbons (Fsp3) is 0.400. The third-order valence-corrected chi connectivity index (χ3v) is 7.59. The van der Waals surface area contributed by atoms with E-state index < -0.39 is 10.0 Å². The molecule has 0 bridgehead atoms. The van der Waals surface area contributed by atoms with Gasteiger partial charge in [0.25, 0.3) is 0 Å². The van der Waals surface area contributed by atoms with Crippen LogP contribution < -0.4 is 14.4 Å². The van der Waals surface area contributed by atoms with Crippen molar-refractivity contribution in [1.29, 1.82) is 0 Å². The number of rotatable bonds is 5. The summed E-state index contributed by atoms with van der Waals surface area (Å²) in [7, 11) is -0.729. The van der Waals surface area contributed by atoms with Crippen LogP contribution in [0.15, 0.2) is 39.7 Å². The summed E-state index contributed by atoms with van der Waals surface area (Å²) in [6.07, 6.45) is 0. The van der Waals surface area contributed by atoms with Gasteiger partial charge in [-0.2, -0.15) is 4.31 Å². The molecule has 6 nitrogen and oxygen atoms in total. The van der Waals surface area contributed by atoms with Crippen molar-refractivity contribution in [3.05, 3.63) is 45.9 Å². The lowest BCUT2D eigenvalue weighted by molar-refractivity contribution is 0.370. The molecule has 0 aromatic heterocycles. The molecule has 0 N–H and O–H groups in total. The van der Waals surface area contributed by atoms with E-state index in [-0.39, 0.29) is 4.90 Å². The average Bonchev–Trinajstić information content (AvgIpc) is 2.67. The molecule has 1 heterocycles. The molecular weight excluding hydrogens is 444 g/mol. The first-order chi connectivity index (χ1) is 13.3. The molecule has 0 saturated carbocycles. The zero-order valence-corrected chi connectivity index (χ0v) is 18.9. The van der Waals surface area contributed by atoms with Gasteiger partial charge >= 0.3 is 0 Å². The van der Waals surface area contributed by atoms with Gasteiger partial charge < -0.3 is 14.4 Å². The van der Waals surface area contributed by atoms with Crippen molar-refractivity contribution < 1.29 is 17.9 Å². The van der Waals surface area contributed by atoms with E-state index in [1.165, 1.54) is 41.4 Å². The molecule has 2 aromatic carbocycles. The van der Waals surface area contributed by atoms with E-state index in [2.05, 4.69) is 46.8 Å². The number of para-hydroxylation sites is 1. The van der Waals surface area contributed by atoms with Crippen LogP contribution in [0.1, 0.15) is 11.1 Å². The summed E-state index contributed by atoms with van der Waals surface area (Å²) in [5, 5.41) is 0. The number of methoxy groups -OCH3 is 2. The maximum absolute atomic E-state index is 13.3. The number of piperazine rings is 1. The number of hydrogen-bond acceptors (Lipinski definition) is 5. The molecule has 0 unspecified atom stereocenters. The summed E-state index contributed by atoms with van der Waals surface area (Å²) in [5.41, 5.74) is 3.61. The standard InChI is InChI=1S/C20H25BrN2O4S/c1-14-6-5-7-15(2)20(14)22-8-10-23(11-9-22)28(24,25)19-13-17(26-3)16(21)12-18(19)27-4/h5-7,12-13H,8-11H2,1-4H3. The molecule has 8 heteroatoms. The number of halogens is 1. The Kier molecular flexibility index (Phi) is 6.21. The van der Waals surface area contributed by atoms with E-state index in [1.54, 1.807) is 6.07 Å². The van der Waals surface area contributed by atoms with Crippen LogP contribution >= 0.6 is 15.9 Å². The van der Waals surface area contributed by atoms with E-state index in [9.17, 15) is 8.42 Å². The van der Waals surface area contributed by atoms with E-state index in [0.29, 0.717) is 42.2 Å². The minimum absolute atomic E-state index is 0.121. The van der Waals surface area contributed by atoms with Crippen molar-refractivity contribution in [2.75, 3.05) is 45.3 Å². The highest BCUT2D eigenvalue weighted by molar-refractivity contribution is 9.10. The van der Waals surface area contributed by atoms with Crippen molar-refractivity contribution in [1.82, 2.24) is 4.31 Å². The fourth-order valence-electron chi connectivity index (χ4n) is 3.63. The Hall–Kier alpha value is -1.77. The third kappa shape index (κ3) is 3.86. The Bertz CT molecular complexity index is 950. The first kappa shape index (κ1) is 21.0. The Labute approximate surface area is 175 Å². The van der Waals surface area contributed by atoms with Crippen LogP contribution in [0.25, 0.3) is 0 Å². The van der Waals surface area contributed by atoms with Crippen LogP contribution in [-0.2, 0) is 10.0 Å². The minimum Gasteiger partial charge on any atom is -0.496 e. The lowest BCUT2D eigenvalue weighted by Crippen LogP contribution is -2.49. The van der Waals surface area contributed by atoms with Crippen LogP contribution in [0.4, 0.5) is 5.69 Å². The van der Waals surface area contributed by atoms with Gasteiger partial charge in [0.05, 0.1) is 18.7 Å². The quantitative estimate of drug-likeness (QED) is 0.670. The van der Waals surface area contributed by atoms with Gasteiger partial charge in [-0.3, -0.25) is 0 Å². The van der Waals surface area contributed by atoms with Crippen molar-refractivity contribution in [2.45, 2.75) is 18.7 Å². The van der Waals surface area contributed by atoms with E-state index in [4.69, 9.17) is 9.47 Å². The first-order valence-corrected chi connectivity index (χ1v) is 11.3. The molecule has 0 spiro atoms. The number of hydrogen-bond donors (Lipinski definition) is 0. The zero-order chi connectivity index (χ0) is 20.5. The summed E-state index contributed by atoms with van der Waals surface area (Å²) in [6.45, 7) is 6.28. The second-order valence-electron chi connectivity index (χ2n) is 6.77. The van der Waals surface area contributed by atoms with E-state index >= 15 is 0 Å². The Morgan fingerprint density at radius 1 is 0.929 bits per heavy atom. The average molecular weight is 469 g/mol. The Morgan fingerprint density at radius 3 is 2.04 bits per heavy atom. The molecule has 0 atom stereocenters. The molecule has 152 valence electrons. The number of sulfonamides is 1. The summed E-state index contributed by atoms with van der Waals surface area (Å²) < 4.78 is 39.3. The summed E-state index contributed by atoms with van der Waals surface area (Å²) >= 11 is 3.37. The van der Waals surface area contributed by atoms with Gasteiger partial charge in [-0.1, -0.05) is 18.2 Å². The predicted molar refractivity (Wildman–Crippen MR) is 114 cm³/mol. The van der Waals surface area contributed by atoms with E-state index in [0.717, 1.165) is 0 Å². The minimum atomic E-state index is -3.70. The van der Waals surface area contributed by atoms with Crippen molar-refractivity contribution in [3.8, 4) is 11.5 Å². The Morgan fingerprint density at radius 2 is 1.50 bits per heavy atom. The van der Waals surface area contributed by atoms with Gasteiger partial charge in [-0.05, 0) is 47.0 Å². The highest BCUT2D eigenvalue weighted by atomic mass is 79.9. The lowest BCUT2D eigenvalue weighted by Gasteiger charge is -2.37. The number of nitrogens with zero attached hydrogens (tertiary/aromatic N) is 2. The topological polar surface area (TPSA) is 59.1 Å². The maximum Gasteiger partial charge on any atom is 0.247 e. The molecule has 1 saturated heterocycles. The monoisotopic (exact) mass is 468 g/mol. The van der Waals surface area contributed by atoms with Crippen LogP contribution in [-0.4, -0.2) is 53.1 Å². The SMILES string of the molecule is COc1cc(S(=O)(=O)N2CCN(c3c(C)cccc3C)CC2)c(OC)cc1Br. The maximum atomic E-state index is 13.3. The molecule has 0 amide bonds. The zero-order valence-electron chi connectivity index (χ0n) is 16.5. The smallest absolute Gasteiger partial charge is 0.247 e. The van der Waals surface area contributed by atoms with Gasteiger partial charge in [0, 0.05) is 37.9 Å². The number of ether oxygens (including phenoxy) is 2. The van der Waals surface area contributed by atoms with Crippen molar-refractivity contribution >= 4 is 31.6 Å². The van der Waals surface area contributed by atoms with Crippen molar-refractivity contribution in [2.24, 2.45) is 0 Å². The third-order valence-electron chi connectivity index (χ3n) is 5.05. The number of benzene rings is 2. The molecular formula is C20H25BrN2O4S. The van der Waals surface area contributed by atoms with Gasteiger partial charge in [0.2, 0.25) is 10.0 Å². The van der Waals surface area contributed by atoms with Crippen LogP contribution in [0.3, 0.4) is 0 Å². The normalized spacial score (nSPS) is 15.5. The molecule has 2 aromatic rings. The van der Waals surface area contributed by atoms with Gasteiger partial charge in [-0.15, -0.1) is 0 Å². The number of aryl methyl sites for hydroxylation is 2. The molecule has 0 aliphatic carbocycles. The second-order valence-corrected chi connectivity index (χ2v) is 9.53. The molecule has 28 heavy (non-hydrogen) atoms. The summed E-state index contributed by atoms with van der Waals surface area (Å²) in [6, 6.07) is 9.35. The van der Waals surface area contributed by atoms with Crippen LogP contribution in [0.2, 0.25) is 0 Å². The molecule has 1 aliphatic rings. The largest absolute Gasteiger partial charge is 0.496 e. The van der Waals surface area contributed by atoms with Crippen LogP contribution in [0, 0.1) is 13.8 Å². The highest BCUT2D eigenvalue weighted by Crippen LogP contribution is 2.37. The second kappa shape index (κ2) is 8.31. The lowest BCUT2D eigenvalue weighted by atomic mass is 10.1. The van der Waals surface area contributed by atoms with Gasteiger partial charge in [0.15, 0.2) is 0 Å². The molecule has 1 fully saturated rings. The fourth-order valence-corrected chi connectivity index (χ4v) is 5.69. The molecule has 1 aliphatic heterocycles. The first-order valence-electron chi connectivity index (χ1n) is 9.02. The summed E-state index contributed by atoms with van der Waals surface area (Å²) in [4.78, 5) is 2.38. The van der Waals surface area contributed by atoms with Crippen molar-refractivity contribution in [3.63, 3.8) is 0 Å². The van der Waals surface area contributed by atoms with Crippen LogP contribution in [0.5, 0.6) is 11.5 Å².